The zero-order chi connectivity index (χ0) is 14.0. The summed E-state index contributed by atoms with van der Waals surface area (Å²) in [5.74, 6) is 0.552. The van der Waals surface area contributed by atoms with E-state index in [9.17, 15) is 9.90 Å². The van der Waals surface area contributed by atoms with Crippen molar-refractivity contribution in [1.29, 1.82) is 0 Å². The van der Waals surface area contributed by atoms with Gasteiger partial charge in [-0.25, -0.2) is 0 Å². The van der Waals surface area contributed by atoms with E-state index in [-0.39, 0.29) is 11.3 Å². The van der Waals surface area contributed by atoms with E-state index in [1.807, 2.05) is 32.9 Å². The number of fused-ring (bicyclic) bond motifs is 1. The van der Waals surface area contributed by atoms with Gasteiger partial charge in [0.25, 0.3) is 5.91 Å². The Balaban J connectivity index is 2.18. The van der Waals surface area contributed by atoms with E-state index in [0.717, 1.165) is 0 Å². The van der Waals surface area contributed by atoms with Gasteiger partial charge in [-0.05, 0) is 17.5 Å². The van der Waals surface area contributed by atoms with Gasteiger partial charge in [-0.1, -0.05) is 32.9 Å². The van der Waals surface area contributed by atoms with Crippen LogP contribution in [-0.2, 0) is 0 Å². The fourth-order valence-corrected chi connectivity index (χ4v) is 1.96. The van der Waals surface area contributed by atoms with Gasteiger partial charge in [-0.3, -0.25) is 4.79 Å². The molecule has 1 amide bonds. The lowest BCUT2D eigenvalue weighted by Gasteiger charge is -2.31. The number of hydrogen-bond donors (Lipinski definition) is 1. The number of ether oxygens (including phenoxy) is 1. The van der Waals surface area contributed by atoms with Gasteiger partial charge in [0, 0.05) is 6.54 Å². The van der Waals surface area contributed by atoms with E-state index >= 15 is 0 Å². The summed E-state index contributed by atoms with van der Waals surface area (Å²) in [6, 6.07) is 7.24. The van der Waals surface area contributed by atoms with Crippen LogP contribution in [0.5, 0.6) is 5.75 Å². The van der Waals surface area contributed by atoms with Gasteiger partial charge < -0.3 is 14.7 Å². The second kappa shape index (κ2) is 5.21. The summed E-state index contributed by atoms with van der Waals surface area (Å²) >= 11 is 0. The van der Waals surface area contributed by atoms with E-state index in [1.54, 1.807) is 17.0 Å². The van der Waals surface area contributed by atoms with Gasteiger partial charge in [-0.2, -0.15) is 0 Å². The molecule has 1 aliphatic rings. The van der Waals surface area contributed by atoms with Crippen molar-refractivity contribution in [3.8, 4) is 5.75 Å². The summed E-state index contributed by atoms with van der Waals surface area (Å²) in [4.78, 5) is 14.1. The normalized spacial score (nSPS) is 17.5. The summed E-state index contributed by atoms with van der Waals surface area (Å²) < 4.78 is 5.57. The Morgan fingerprint density at radius 1 is 1.37 bits per heavy atom. The van der Waals surface area contributed by atoms with Gasteiger partial charge in [-0.15, -0.1) is 0 Å². The second-order valence-electron chi connectivity index (χ2n) is 5.98. The molecule has 19 heavy (non-hydrogen) atoms. The Hall–Kier alpha value is -1.55. The van der Waals surface area contributed by atoms with Gasteiger partial charge in [0.05, 0.1) is 18.2 Å². The highest BCUT2D eigenvalue weighted by atomic mass is 16.5. The van der Waals surface area contributed by atoms with Gasteiger partial charge in [0.2, 0.25) is 0 Å². The van der Waals surface area contributed by atoms with Crippen LogP contribution in [-0.4, -0.2) is 41.7 Å². The zero-order valence-electron chi connectivity index (χ0n) is 11.7. The lowest BCUT2D eigenvalue weighted by atomic mass is 9.89. The Labute approximate surface area is 114 Å². The van der Waals surface area contributed by atoms with Gasteiger partial charge in [0.15, 0.2) is 0 Å². The minimum atomic E-state index is -0.554. The molecule has 0 saturated heterocycles. The molecule has 4 heteroatoms. The topological polar surface area (TPSA) is 49.8 Å². The third kappa shape index (κ3) is 3.07. The predicted octanol–water partition coefficient (Wildman–Crippen LogP) is 1.93. The van der Waals surface area contributed by atoms with E-state index < -0.39 is 6.10 Å². The molecule has 1 aromatic rings. The molecule has 0 fully saturated rings. The van der Waals surface area contributed by atoms with Crippen molar-refractivity contribution in [3.05, 3.63) is 29.8 Å². The minimum Gasteiger partial charge on any atom is -0.491 e. The van der Waals surface area contributed by atoms with E-state index in [4.69, 9.17) is 4.74 Å². The Morgan fingerprint density at radius 3 is 2.74 bits per heavy atom. The summed E-state index contributed by atoms with van der Waals surface area (Å²) in [7, 11) is 0. The summed E-state index contributed by atoms with van der Waals surface area (Å²) in [6.07, 6.45) is -0.554. The molecule has 0 radical (unpaired) electrons. The van der Waals surface area contributed by atoms with Crippen LogP contribution in [0.15, 0.2) is 24.3 Å². The van der Waals surface area contributed by atoms with Crippen LogP contribution >= 0.6 is 0 Å². The van der Waals surface area contributed by atoms with Crippen LogP contribution in [0.2, 0.25) is 0 Å². The van der Waals surface area contributed by atoms with Crippen molar-refractivity contribution in [1.82, 2.24) is 4.90 Å². The van der Waals surface area contributed by atoms with Crippen LogP contribution in [0.4, 0.5) is 0 Å². The van der Waals surface area contributed by atoms with Gasteiger partial charge >= 0.3 is 0 Å². The largest absolute Gasteiger partial charge is 0.491 e. The van der Waals surface area contributed by atoms with E-state index in [0.29, 0.717) is 31.0 Å². The van der Waals surface area contributed by atoms with Crippen molar-refractivity contribution >= 4 is 5.91 Å². The van der Waals surface area contributed by atoms with Crippen LogP contribution in [0.25, 0.3) is 0 Å². The molecule has 1 aromatic carbocycles. The third-order valence-electron chi connectivity index (χ3n) is 3.42. The van der Waals surface area contributed by atoms with Crippen molar-refractivity contribution in [2.75, 3.05) is 19.7 Å². The first kappa shape index (κ1) is 13.9. The molecule has 0 aromatic heterocycles. The molecule has 1 heterocycles. The maximum Gasteiger partial charge on any atom is 0.257 e. The molecule has 104 valence electrons. The van der Waals surface area contributed by atoms with Crippen LogP contribution in [0.3, 0.4) is 0 Å². The first-order valence-electron chi connectivity index (χ1n) is 6.59. The van der Waals surface area contributed by atoms with Crippen molar-refractivity contribution in [2.45, 2.75) is 26.9 Å². The molecule has 0 bridgehead atoms. The number of hydrogen-bond acceptors (Lipinski definition) is 3. The van der Waals surface area contributed by atoms with Crippen molar-refractivity contribution in [3.63, 3.8) is 0 Å². The number of aliphatic hydroxyl groups excluding tert-OH is 1. The number of rotatable bonds is 2. The van der Waals surface area contributed by atoms with E-state index in [1.165, 1.54) is 0 Å². The van der Waals surface area contributed by atoms with E-state index in [2.05, 4.69) is 0 Å². The number of para-hydroxylation sites is 1. The highest BCUT2D eigenvalue weighted by molar-refractivity contribution is 5.97. The van der Waals surface area contributed by atoms with Crippen LogP contribution in [0, 0.1) is 5.41 Å². The maximum atomic E-state index is 12.4. The SMILES string of the molecule is CC(C)(C)C(O)CN1CCOc2ccccc2C1=O. The summed E-state index contributed by atoms with van der Waals surface area (Å²) in [5, 5.41) is 10.2. The Morgan fingerprint density at radius 2 is 2.05 bits per heavy atom. The Kier molecular flexibility index (Phi) is 3.80. The molecule has 0 saturated carbocycles. The van der Waals surface area contributed by atoms with Gasteiger partial charge in [0.1, 0.15) is 12.4 Å². The molecule has 1 aliphatic heterocycles. The highest BCUT2D eigenvalue weighted by Gasteiger charge is 2.29. The first-order chi connectivity index (χ1) is 8.89. The number of benzene rings is 1. The number of aliphatic hydroxyl groups is 1. The van der Waals surface area contributed by atoms with Crippen LogP contribution < -0.4 is 4.74 Å². The molecule has 1 unspecified atom stereocenters. The van der Waals surface area contributed by atoms with Crippen LogP contribution in [0.1, 0.15) is 31.1 Å². The molecule has 2 rings (SSSR count). The highest BCUT2D eigenvalue weighted by Crippen LogP contribution is 2.25. The lowest BCUT2D eigenvalue weighted by molar-refractivity contribution is 0.0245. The molecule has 0 spiro atoms. The second-order valence-corrected chi connectivity index (χ2v) is 5.98. The molecule has 1 atom stereocenters. The molecule has 0 aliphatic carbocycles. The molecular weight excluding hydrogens is 242 g/mol. The molecule has 1 N–H and O–H groups in total. The summed E-state index contributed by atoms with van der Waals surface area (Å²) in [6.45, 7) is 7.18. The number of carbonyl (C=O) groups is 1. The average Bonchev–Trinajstić information content (AvgIpc) is 2.50. The Bertz CT molecular complexity index is 465. The van der Waals surface area contributed by atoms with Crippen molar-refractivity contribution < 1.29 is 14.6 Å². The summed E-state index contributed by atoms with van der Waals surface area (Å²) in [5.41, 5.74) is 0.327. The zero-order valence-corrected chi connectivity index (χ0v) is 11.7. The third-order valence-corrected chi connectivity index (χ3v) is 3.42. The monoisotopic (exact) mass is 263 g/mol. The standard InChI is InChI=1S/C15H21NO3/c1-15(2,3)13(17)10-16-8-9-19-12-7-5-4-6-11(12)14(16)18/h4-7,13,17H,8-10H2,1-3H3. The lowest BCUT2D eigenvalue weighted by Crippen LogP contribution is -2.43. The number of amides is 1. The minimum absolute atomic E-state index is 0.0728. The fourth-order valence-electron chi connectivity index (χ4n) is 1.96. The number of carbonyl (C=O) groups excluding carboxylic acids is 1. The first-order valence-corrected chi connectivity index (χ1v) is 6.59. The number of nitrogens with zero attached hydrogens (tertiary/aromatic N) is 1. The average molecular weight is 263 g/mol. The van der Waals surface area contributed by atoms with Crippen molar-refractivity contribution in [2.24, 2.45) is 5.41 Å². The quantitative estimate of drug-likeness (QED) is 0.887. The smallest absolute Gasteiger partial charge is 0.257 e. The predicted molar refractivity (Wildman–Crippen MR) is 73.3 cm³/mol. The maximum absolute atomic E-state index is 12.4. The molecule has 4 nitrogen and oxygen atoms in total. The number of β-amino-alcohol motifs (C(OH)–C–C–N with tert-alkyl or cyclic N) is 1. The molecular formula is C15H21NO3. The fraction of sp³-hybridized carbons (Fsp3) is 0.533.